The molecule has 0 spiro atoms. The van der Waals surface area contributed by atoms with Gasteiger partial charge in [0.2, 0.25) is 5.91 Å². The lowest BCUT2D eigenvalue weighted by molar-refractivity contribution is -0.124. The highest BCUT2D eigenvalue weighted by Crippen LogP contribution is 2.43. The molecule has 5 heteroatoms. The summed E-state index contributed by atoms with van der Waals surface area (Å²) in [5.41, 5.74) is -0.0485. The van der Waals surface area contributed by atoms with E-state index in [1.165, 1.54) is 13.5 Å². The number of rotatable bonds is 4. The predicted molar refractivity (Wildman–Crippen MR) is 72.8 cm³/mol. The smallest absolute Gasteiger partial charge is 0.246 e. The molecule has 2 aliphatic rings. The van der Waals surface area contributed by atoms with E-state index in [1.54, 1.807) is 0 Å². The second-order valence-corrected chi connectivity index (χ2v) is 6.16. The third-order valence-corrected chi connectivity index (χ3v) is 4.72. The Morgan fingerprint density at radius 1 is 1.47 bits per heavy atom. The number of amides is 1. The maximum absolute atomic E-state index is 11.4. The Bertz CT molecular complexity index is 324. The van der Waals surface area contributed by atoms with Crippen molar-refractivity contribution in [2.75, 3.05) is 20.3 Å². The van der Waals surface area contributed by atoms with Gasteiger partial charge in [-0.25, -0.2) is 0 Å². The van der Waals surface area contributed by atoms with Crippen LogP contribution in [0, 0.1) is 5.41 Å². The monoisotopic (exact) mass is 270 g/mol. The Hall–Kier alpha value is -0.650. The zero-order valence-electron chi connectivity index (χ0n) is 11.9. The molecule has 19 heavy (non-hydrogen) atoms. The number of nitrogens with one attached hydrogen (secondary N) is 2. The summed E-state index contributed by atoms with van der Waals surface area (Å²) in [7, 11) is 1.52. The molecule has 4 atom stereocenters. The summed E-state index contributed by atoms with van der Waals surface area (Å²) in [6.07, 6.45) is 5.00. The number of methoxy groups -OCH3 is 1. The van der Waals surface area contributed by atoms with Gasteiger partial charge in [-0.1, -0.05) is 19.8 Å². The van der Waals surface area contributed by atoms with Gasteiger partial charge in [0, 0.05) is 31.2 Å². The Morgan fingerprint density at radius 2 is 2.21 bits per heavy atom. The highest BCUT2D eigenvalue weighted by Gasteiger charge is 2.48. The van der Waals surface area contributed by atoms with Crippen molar-refractivity contribution >= 4 is 5.91 Å². The van der Waals surface area contributed by atoms with Gasteiger partial charge in [0.15, 0.2) is 0 Å². The predicted octanol–water partition coefficient (Wildman–Crippen LogP) is 0.421. The van der Waals surface area contributed by atoms with Crippen molar-refractivity contribution < 1.29 is 14.6 Å². The molecule has 1 saturated heterocycles. The minimum atomic E-state index is -0.229. The van der Waals surface area contributed by atoms with E-state index in [2.05, 4.69) is 17.6 Å². The fourth-order valence-electron chi connectivity index (χ4n) is 3.55. The number of carbonyl (C=O) groups excluding carboxylic acids is 1. The molecular formula is C14H26N2O3. The van der Waals surface area contributed by atoms with Gasteiger partial charge < -0.3 is 20.5 Å². The van der Waals surface area contributed by atoms with Crippen LogP contribution in [0.1, 0.15) is 39.0 Å². The molecule has 0 bridgehead atoms. The molecule has 1 saturated carbocycles. The van der Waals surface area contributed by atoms with E-state index in [1.807, 2.05) is 0 Å². The molecule has 1 heterocycles. The first kappa shape index (κ1) is 14.8. The molecule has 5 nitrogen and oxygen atoms in total. The fraction of sp³-hybridized carbons (Fsp3) is 0.929. The lowest BCUT2D eigenvalue weighted by Gasteiger charge is -2.33. The van der Waals surface area contributed by atoms with E-state index in [0.29, 0.717) is 12.6 Å². The average Bonchev–Trinajstić information content (AvgIpc) is 2.64. The molecule has 2 rings (SSSR count). The second-order valence-electron chi connectivity index (χ2n) is 6.16. The molecule has 0 aromatic heterocycles. The van der Waals surface area contributed by atoms with Gasteiger partial charge in [0.25, 0.3) is 0 Å². The quantitative estimate of drug-likeness (QED) is 0.692. The SMILES string of the molecule is COCC(=O)NC[C@H]1C[C@@]2(C)[C@@H](O)CCCC[C@H]2N1. The maximum Gasteiger partial charge on any atom is 0.246 e. The van der Waals surface area contributed by atoms with E-state index in [0.717, 1.165) is 25.7 Å². The Kier molecular flexibility index (Phi) is 4.81. The van der Waals surface area contributed by atoms with Crippen molar-refractivity contribution in [1.29, 1.82) is 0 Å². The molecule has 0 unspecified atom stereocenters. The molecule has 1 aliphatic heterocycles. The van der Waals surface area contributed by atoms with E-state index in [-0.39, 0.29) is 30.1 Å². The van der Waals surface area contributed by atoms with Crippen molar-refractivity contribution in [3.8, 4) is 0 Å². The summed E-state index contributed by atoms with van der Waals surface area (Å²) in [5.74, 6) is -0.0814. The van der Waals surface area contributed by atoms with Gasteiger partial charge in [0.1, 0.15) is 6.61 Å². The zero-order chi connectivity index (χ0) is 13.9. The van der Waals surface area contributed by atoms with Gasteiger partial charge in [0.05, 0.1) is 6.10 Å². The van der Waals surface area contributed by atoms with E-state index >= 15 is 0 Å². The average molecular weight is 270 g/mol. The lowest BCUT2D eigenvalue weighted by atomic mass is 9.75. The molecule has 3 N–H and O–H groups in total. The standard InChI is InChI=1S/C14H26N2O3/c1-14-7-10(8-15-13(18)9-19-2)16-11(14)5-3-4-6-12(14)17/h10-12,16-17H,3-9H2,1-2H3,(H,15,18)/t10-,11-,12+,14-/m1/s1. The van der Waals surface area contributed by atoms with Crippen LogP contribution in [-0.2, 0) is 9.53 Å². The number of fused-ring (bicyclic) bond motifs is 1. The van der Waals surface area contributed by atoms with Gasteiger partial charge in [-0.05, 0) is 19.3 Å². The summed E-state index contributed by atoms with van der Waals surface area (Å²) >= 11 is 0. The number of hydrogen-bond donors (Lipinski definition) is 3. The molecule has 0 aromatic carbocycles. The van der Waals surface area contributed by atoms with Crippen LogP contribution in [-0.4, -0.2) is 49.5 Å². The van der Waals surface area contributed by atoms with Gasteiger partial charge >= 0.3 is 0 Å². The minimum absolute atomic E-state index is 0.0485. The van der Waals surface area contributed by atoms with Gasteiger partial charge in [-0.2, -0.15) is 0 Å². The topological polar surface area (TPSA) is 70.6 Å². The van der Waals surface area contributed by atoms with E-state index < -0.39 is 0 Å². The minimum Gasteiger partial charge on any atom is -0.392 e. The molecule has 1 aliphatic carbocycles. The summed E-state index contributed by atoms with van der Waals surface area (Å²) in [6, 6.07) is 0.623. The second kappa shape index (κ2) is 6.20. The Morgan fingerprint density at radius 3 is 2.95 bits per heavy atom. The van der Waals surface area contributed by atoms with Crippen molar-refractivity contribution in [2.45, 2.75) is 57.2 Å². The van der Waals surface area contributed by atoms with E-state index in [9.17, 15) is 9.90 Å². The molecular weight excluding hydrogens is 244 g/mol. The van der Waals surface area contributed by atoms with Crippen LogP contribution in [0.15, 0.2) is 0 Å². The van der Waals surface area contributed by atoms with Gasteiger partial charge in [-0.3, -0.25) is 4.79 Å². The van der Waals surface area contributed by atoms with Crippen molar-refractivity contribution in [3.63, 3.8) is 0 Å². The lowest BCUT2D eigenvalue weighted by Crippen LogP contribution is -2.43. The largest absolute Gasteiger partial charge is 0.392 e. The number of carbonyl (C=O) groups is 1. The first-order valence-electron chi connectivity index (χ1n) is 7.26. The summed E-state index contributed by atoms with van der Waals surface area (Å²) in [5, 5.41) is 16.8. The van der Waals surface area contributed by atoms with E-state index in [4.69, 9.17) is 4.74 Å². The van der Waals surface area contributed by atoms with Crippen LogP contribution in [0.25, 0.3) is 0 Å². The van der Waals surface area contributed by atoms with Crippen LogP contribution in [0.5, 0.6) is 0 Å². The maximum atomic E-state index is 11.4. The van der Waals surface area contributed by atoms with Crippen molar-refractivity contribution in [1.82, 2.24) is 10.6 Å². The van der Waals surface area contributed by atoms with Crippen molar-refractivity contribution in [2.24, 2.45) is 5.41 Å². The third kappa shape index (κ3) is 3.27. The van der Waals surface area contributed by atoms with Crippen molar-refractivity contribution in [3.05, 3.63) is 0 Å². The fourth-order valence-corrected chi connectivity index (χ4v) is 3.55. The molecule has 110 valence electrons. The zero-order valence-corrected chi connectivity index (χ0v) is 11.9. The van der Waals surface area contributed by atoms with Crippen LogP contribution >= 0.6 is 0 Å². The number of hydrogen-bond acceptors (Lipinski definition) is 4. The molecule has 0 radical (unpaired) electrons. The Balaban J connectivity index is 1.88. The summed E-state index contributed by atoms with van der Waals surface area (Å²) in [6.45, 7) is 2.90. The van der Waals surface area contributed by atoms with Crippen LogP contribution < -0.4 is 10.6 Å². The Labute approximate surface area is 115 Å². The highest BCUT2D eigenvalue weighted by molar-refractivity contribution is 5.77. The van der Waals surface area contributed by atoms with Crippen LogP contribution in [0.4, 0.5) is 0 Å². The normalized spacial score (nSPS) is 38.6. The third-order valence-electron chi connectivity index (χ3n) is 4.72. The first-order chi connectivity index (χ1) is 9.06. The number of aliphatic hydroxyl groups is 1. The summed E-state index contributed by atoms with van der Waals surface area (Å²) in [4.78, 5) is 11.4. The first-order valence-corrected chi connectivity index (χ1v) is 7.26. The van der Waals surface area contributed by atoms with Crippen LogP contribution in [0.2, 0.25) is 0 Å². The van der Waals surface area contributed by atoms with Gasteiger partial charge in [-0.15, -0.1) is 0 Å². The highest BCUT2D eigenvalue weighted by atomic mass is 16.5. The molecule has 0 aromatic rings. The molecule has 2 fully saturated rings. The summed E-state index contributed by atoms with van der Waals surface area (Å²) < 4.78 is 4.79. The molecule has 1 amide bonds. The number of aliphatic hydroxyl groups excluding tert-OH is 1. The van der Waals surface area contributed by atoms with Crippen LogP contribution in [0.3, 0.4) is 0 Å². The number of ether oxygens (including phenoxy) is 1.